The second-order valence-electron chi connectivity index (χ2n) is 6.27. The number of halogens is 1. The molecule has 2 N–H and O–H groups in total. The van der Waals surface area contributed by atoms with Crippen molar-refractivity contribution in [2.75, 3.05) is 43.4 Å². The van der Waals surface area contributed by atoms with Gasteiger partial charge in [0.05, 0.1) is 12.1 Å². The molecule has 2 atom stereocenters. The highest BCUT2D eigenvalue weighted by Gasteiger charge is 2.62. The van der Waals surface area contributed by atoms with Gasteiger partial charge in [0.15, 0.2) is 11.6 Å². The standard InChI is InChI=1S/C15H20FN5O3/c1-3-4-20-7-15(13(23)24)8-21(6-9(15)12(20)22)14-18-5-10(16)11(17-2)19-14/h5,9H,3-4,6-8H2,1-2H3,(H,23,24)(H,17,18,19)/t9-,15+/m0/s1. The fraction of sp³-hybridized carbons (Fsp3) is 0.600. The highest BCUT2D eigenvalue weighted by Crippen LogP contribution is 2.44. The van der Waals surface area contributed by atoms with Crippen LogP contribution >= 0.6 is 0 Å². The monoisotopic (exact) mass is 337 g/mol. The van der Waals surface area contributed by atoms with Crippen molar-refractivity contribution in [2.24, 2.45) is 11.3 Å². The largest absolute Gasteiger partial charge is 0.481 e. The Bertz CT molecular complexity index is 685. The number of likely N-dealkylation sites (tertiary alicyclic amines) is 1. The summed E-state index contributed by atoms with van der Waals surface area (Å²) in [7, 11) is 1.54. The molecule has 9 heteroatoms. The summed E-state index contributed by atoms with van der Waals surface area (Å²) in [6.07, 6.45) is 1.82. The molecule has 2 aliphatic rings. The van der Waals surface area contributed by atoms with Crippen LogP contribution in [0.3, 0.4) is 0 Å². The summed E-state index contributed by atoms with van der Waals surface area (Å²) in [5.74, 6) is -2.08. The minimum Gasteiger partial charge on any atom is -0.481 e. The van der Waals surface area contributed by atoms with Crippen LogP contribution in [-0.2, 0) is 9.59 Å². The van der Waals surface area contributed by atoms with E-state index in [4.69, 9.17) is 0 Å². The molecule has 1 aromatic rings. The first-order valence-corrected chi connectivity index (χ1v) is 7.90. The number of hydrogen-bond donors (Lipinski definition) is 2. The Hall–Kier alpha value is -2.45. The number of anilines is 2. The van der Waals surface area contributed by atoms with Gasteiger partial charge < -0.3 is 20.2 Å². The van der Waals surface area contributed by atoms with Crippen LogP contribution in [0.1, 0.15) is 13.3 Å². The molecule has 2 fully saturated rings. The summed E-state index contributed by atoms with van der Waals surface area (Å²) in [5, 5.41) is 12.4. The third-order valence-corrected chi connectivity index (χ3v) is 4.80. The molecule has 0 saturated carbocycles. The van der Waals surface area contributed by atoms with Crippen molar-refractivity contribution in [2.45, 2.75) is 13.3 Å². The lowest BCUT2D eigenvalue weighted by atomic mass is 9.81. The summed E-state index contributed by atoms with van der Waals surface area (Å²) in [4.78, 5) is 35.8. The maximum absolute atomic E-state index is 13.5. The van der Waals surface area contributed by atoms with Gasteiger partial charge in [-0.25, -0.2) is 9.37 Å². The van der Waals surface area contributed by atoms with Gasteiger partial charge in [-0.15, -0.1) is 0 Å². The van der Waals surface area contributed by atoms with Gasteiger partial charge in [0, 0.05) is 33.2 Å². The molecule has 0 bridgehead atoms. The fourth-order valence-corrected chi connectivity index (χ4v) is 3.61. The predicted octanol–water partition coefficient (Wildman–Crippen LogP) is 0.417. The second-order valence-corrected chi connectivity index (χ2v) is 6.27. The Morgan fingerprint density at radius 2 is 2.29 bits per heavy atom. The van der Waals surface area contributed by atoms with Gasteiger partial charge in [-0.2, -0.15) is 4.98 Å². The van der Waals surface area contributed by atoms with Gasteiger partial charge in [0.2, 0.25) is 11.9 Å². The van der Waals surface area contributed by atoms with E-state index >= 15 is 0 Å². The van der Waals surface area contributed by atoms with E-state index in [9.17, 15) is 19.1 Å². The van der Waals surface area contributed by atoms with Crippen molar-refractivity contribution in [3.63, 3.8) is 0 Å². The molecular weight excluding hydrogens is 317 g/mol. The molecule has 24 heavy (non-hydrogen) atoms. The summed E-state index contributed by atoms with van der Waals surface area (Å²) in [6, 6.07) is 0. The number of carboxylic acids is 1. The van der Waals surface area contributed by atoms with Gasteiger partial charge in [0.25, 0.3) is 0 Å². The summed E-state index contributed by atoms with van der Waals surface area (Å²) in [6.45, 7) is 3.05. The highest BCUT2D eigenvalue weighted by molar-refractivity contribution is 5.93. The fourth-order valence-electron chi connectivity index (χ4n) is 3.61. The summed E-state index contributed by atoms with van der Waals surface area (Å²) >= 11 is 0. The average molecular weight is 337 g/mol. The molecule has 2 aliphatic heterocycles. The number of carbonyl (C=O) groups is 2. The van der Waals surface area contributed by atoms with E-state index in [2.05, 4.69) is 15.3 Å². The van der Waals surface area contributed by atoms with Gasteiger partial charge in [0.1, 0.15) is 5.41 Å². The zero-order chi connectivity index (χ0) is 17.5. The van der Waals surface area contributed by atoms with Crippen LogP contribution < -0.4 is 10.2 Å². The molecule has 1 aromatic heterocycles. The Balaban J connectivity index is 1.90. The predicted molar refractivity (Wildman–Crippen MR) is 84.2 cm³/mol. The smallest absolute Gasteiger partial charge is 0.314 e. The lowest BCUT2D eigenvalue weighted by Gasteiger charge is -2.25. The van der Waals surface area contributed by atoms with Crippen LogP contribution in [-0.4, -0.2) is 65.1 Å². The molecule has 3 heterocycles. The topological polar surface area (TPSA) is 98.7 Å². The normalized spacial score (nSPS) is 26.0. The molecule has 0 aromatic carbocycles. The van der Waals surface area contributed by atoms with Crippen molar-refractivity contribution in [1.82, 2.24) is 14.9 Å². The first-order valence-electron chi connectivity index (χ1n) is 7.90. The van der Waals surface area contributed by atoms with Crippen molar-refractivity contribution in [3.8, 4) is 0 Å². The Labute approximate surface area is 138 Å². The molecule has 130 valence electrons. The minimum absolute atomic E-state index is 0.0420. The van der Waals surface area contributed by atoms with E-state index in [1.165, 1.54) is 0 Å². The molecule has 2 saturated heterocycles. The van der Waals surface area contributed by atoms with Gasteiger partial charge in [-0.3, -0.25) is 9.59 Å². The van der Waals surface area contributed by atoms with E-state index in [-0.39, 0.29) is 37.3 Å². The minimum atomic E-state index is -1.16. The lowest BCUT2D eigenvalue weighted by molar-refractivity contribution is -0.149. The Morgan fingerprint density at radius 1 is 1.54 bits per heavy atom. The number of aliphatic carboxylic acids is 1. The van der Waals surface area contributed by atoms with Gasteiger partial charge >= 0.3 is 5.97 Å². The average Bonchev–Trinajstić information content (AvgIpc) is 3.05. The summed E-state index contributed by atoms with van der Waals surface area (Å²) < 4.78 is 13.5. The first kappa shape index (κ1) is 16.4. The lowest BCUT2D eigenvalue weighted by Crippen LogP contribution is -2.41. The van der Waals surface area contributed by atoms with Crippen LogP contribution in [0.2, 0.25) is 0 Å². The van der Waals surface area contributed by atoms with Crippen LogP contribution in [0, 0.1) is 17.2 Å². The first-order chi connectivity index (χ1) is 11.4. The number of nitrogens with zero attached hydrogens (tertiary/aromatic N) is 4. The third kappa shape index (κ3) is 2.35. The molecule has 0 aliphatic carbocycles. The number of nitrogens with one attached hydrogen (secondary N) is 1. The Morgan fingerprint density at radius 3 is 2.88 bits per heavy atom. The highest BCUT2D eigenvalue weighted by atomic mass is 19.1. The van der Waals surface area contributed by atoms with E-state index in [0.717, 1.165) is 12.6 Å². The van der Waals surface area contributed by atoms with Crippen LogP contribution in [0.25, 0.3) is 0 Å². The molecule has 0 unspecified atom stereocenters. The summed E-state index contributed by atoms with van der Waals surface area (Å²) in [5.41, 5.74) is -1.16. The molecular formula is C15H20FN5O3. The molecule has 3 rings (SSSR count). The zero-order valence-corrected chi connectivity index (χ0v) is 13.6. The number of aromatic nitrogens is 2. The molecule has 0 radical (unpaired) electrons. The molecule has 0 spiro atoms. The maximum atomic E-state index is 13.5. The number of carbonyl (C=O) groups excluding carboxylic acids is 1. The Kier molecular flexibility index (Phi) is 4.02. The number of fused-ring (bicyclic) bond motifs is 1. The van der Waals surface area contributed by atoms with Crippen molar-refractivity contribution in [3.05, 3.63) is 12.0 Å². The molecule has 8 nitrogen and oxygen atoms in total. The SMILES string of the molecule is CCCN1C[C@@]2(C(=O)O)CN(c3ncc(F)c(NC)n3)C[C@H]2C1=O. The number of amides is 1. The quantitative estimate of drug-likeness (QED) is 0.803. The van der Waals surface area contributed by atoms with E-state index in [0.29, 0.717) is 6.54 Å². The van der Waals surface area contributed by atoms with E-state index in [1.807, 2.05) is 6.92 Å². The number of carboxylic acid groups (broad SMARTS) is 1. The van der Waals surface area contributed by atoms with Crippen LogP contribution in [0.5, 0.6) is 0 Å². The van der Waals surface area contributed by atoms with Crippen molar-refractivity contribution in [1.29, 1.82) is 0 Å². The third-order valence-electron chi connectivity index (χ3n) is 4.80. The van der Waals surface area contributed by atoms with E-state index in [1.54, 1.807) is 16.8 Å². The second kappa shape index (κ2) is 5.88. The maximum Gasteiger partial charge on any atom is 0.314 e. The van der Waals surface area contributed by atoms with Gasteiger partial charge in [-0.05, 0) is 6.42 Å². The van der Waals surface area contributed by atoms with Crippen molar-refractivity contribution >= 4 is 23.6 Å². The molecule has 1 amide bonds. The zero-order valence-electron chi connectivity index (χ0n) is 13.6. The van der Waals surface area contributed by atoms with Crippen LogP contribution in [0.4, 0.5) is 16.2 Å². The van der Waals surface area contributed by atoms with Crippen LogP contribution in [0.15, 0.2) is 6.20 Å². The number of hydrogen-bond acceptors (Lipinski definition) is 6. The van der Waals surface area contributed by atoms with Gasteiger partial charge in [-0.1, -0.05) is 6.92 Å². The van der Waals surface area contributed by atoms with E-state index < -0.39 is 23.1 Å². The van der Waals surface area contributed by atoms with Crippen molar-refractivity contribution < 1.29 is 19.1 Å². The number of rotatable bonds is 5.